The zero-order valence-corrected chi connectivity index (χ0v) is 9.25. The van der Waals surface area contributed by atoms with Gasteiger partial charge in [0.15, 0.2) is 11.6 Å². The number of rotatable bonds is 4. The first-order valence-corrected chi connectivity index (χ1v) is 5.07. The summed E-state index contributed by atoms with van der Waals surface area (Å²) in [5, 5.41) is 18.0. The number of carboxylic acids is 1. The van der Waals surface area contributed by atoms with Crippen molar-refractivity contribution in [3.63, 3.8) is 0 Å². The Morgan fingerprint density at radius 2 is 2.29 bits per heavy atom. The molecule has 17 heavy (non-hydrogen) atoms. The van der Waals surface area contributed by atoms with E-state index >= 15 is 0 Å². The van der Waals surface area contributed by atoms with Crippen molar-refractivity contribution in [1.29, 1.82) is 0 Å². The van der Waals surface area contributed by atoms with Gasteiger partial charge in [0, 0.05) is 6.42 Å². The molecule has 0 aliphatic carbocycles. The summed E-state index contributed by atoms with van der Waals surface area (Å²) in [6.45, 7) is -0.101. The highest BCUT2D eigenvalue weighted by Crippen LogP contribution is 2.21. The zero-order chi connectivity index (χ0) is 12.4. The molecule has 0 fully saturated rings. The smallest absolute Gasteiger partial charge is 0.356 e. The van der Waals surface area contributed by atoms with E-state index in [-0.39, 0.29) is 18.7 Å². The number of pyridine rings is 1. The Labute approximate surface area is 97.1 Å². The molecular formula is C11H12N2O4. The number of aliphatic hydroxyl groups excluding tert-OH is 1. The molecule has 6 nitrogen and oxygen atoms in total. The number of aromatic nitrogens is 2. The van der Waals surface area contributed by atoms with E-state index in [4.69, 9.17) is 14.9 Å². The van der Waals surface area contributed by atoms with Crippen molar-refractivity contribution >= 4 is 11.5 Å². The van der Waals surface area contributed by atoms with Gasteiger partial charge < -0.3 is 14.9 Å². The van der Waals surface area contributed by atoms with E-state index in [2.05, 4.69) is 4.98 Å². The van der Waals surface area contributed by atoms with E-state index in [1.54, 1.807) is 22.6 Å². The van der Waals surface area contributed by atoms with Crippen LogP contribution in [0.3, 0.4) is 0 Å². The number of imidazole rings is 1. The SMILES string of the molecule is COc1cccc2c(C(=O)O)nc(CCO)n12. The summed E-state index contributed by atoms with van der Waals surface area (Å²) in [5.74, 6) is -0.136. The predicted molar refractivity (Wildman–Crippen MR) is 59.5 cm³/mol. The van der Waals surface area contributed by atoms with Crippen molar-refractivity contribution < 1.29 is 19.7 Å². The Morgan fingerprint density at radius 1 is 1.53 bits per heavy atom. The highest BCUT2D eigenvalue weighted by atomic mass is 16.5. The molecule has 0 bridgehead atoms. The summed E-state index contributed by atoms with van der Waals surface area (Å²) in [6, 6.07) is 5.06. The van der Waals surface area contributed by atoms with Gasteiger partial charge in [-0.05, 0) is 12.1 Å². The van der Waals surface area contributed by atoms with Gasteiger partial charge in [-0.2, -0.15) is 0 Å². The van der Waals surface area contributed by atoms with Crippen LogP contribution in [-0.2, 0) is 6.42 Å². The van der Waals surface area contributed by atoms with Gasteiger partial charge in [-0.25, -0.2) is 9.78 Å². The molecule has 0 radical (unpaired) electrons. The molecule has 6 heteroatoms. The molecule has 0 amide bonds. The summed E-state index contributed by atoms with van der Waals surface area (Å²) in [7, 11) is 1.50. The molecule has 0 aliphatic heterocycles. The molecular weight excluding hydrogens is 224 g/mol. The minimum absolute atomic E-state index is 0.0349. The number of methoxy groups -OCH3 is 1. The zero-order valence-electron chi connectivity index (χ0n) is 9.25. The van der Waals surface area contributed by atoms with Crippen molar-refractivity contribution in [2.24, 2.45) is 0 Å². The maximum absolute atomic E-state index is 11.1. The third-order valence-corrected chi connectivity index (χ3v) is 2.44. The molecule has 2 heterocycles. The van der Waals surface area contributed by atoms with Crippen molar-refractivity contribution in [2.45, 2.75) is 6.42 Å². The molecule has 90 valence electrons. The Bertz CT molecular complexity index is 562. The van der Waals surface area contributed by atoms with E-state index < -0.39 is 5.97 Å². The summed E-state index contributed by atoms with van der Waals surface area (Å²) < 4.78 is 6.75. The standard InChI is InChI=1S/C11H12N2O4/c1-17-9-4-2-3-7-10(11(15)16)12-8(5-6-14)13(7)9/h2-4,14H,5-6H2,1H3,(H,15,16). The van der Waals surface area contributed by atoms with E-state index in [9.17, 15) is 4.79 Å². The minimum Gasteiger partial charge on any atom is -0.482 e. The summed E-state index contributed by atoms with van der Waals surface area (Å²) in [6.07, 6.45) is 0.273. The van der Waals surface area contributed by atoms with Crippen LogP contribution in [0.1, 0.15) is 16.3 Å². The molecule has 2 rings (SSSR count). The highest BCUT2D eigenvalue weighted by Gasteiger charge is 2.18. The third-order valence-electron chi connectivity index (χ3n) is 2.44. The van der Waals surface area contributed by atoms with Gasteiger partial charge in [0.25, 0.3) is 0 Å². The first-order chi connectivity index (χ1) is 8.19. The van der Waals surface area contributed by atoms with Crippen LogP contribution < -0.4 is 4.74 Å². The quantitative estimate of drug-likeness (QED) is 0.811. The number of aromatic carboxylic acids is 1. The lowest BCUT2D eigenvalue weighted by molar-refractivity contribution is 0.0693. The van der Waals surface area contributed by atoms with Gasteiger partial charge in [0.05, 0.1) is 19.2 Å². The minimum atomic E-state index is -1.10. The summed E-state index contributed by atoms with van der Waals surface area (Å²) in [4.78, 5) is 15.1. The maximum atomic E-state index is 11.1. The van der Waals surface area contributed by atoms with Crippen LogP contribution in [0.25, 0.3) is 5.52 Å². The van der Waals surface area contributed by atoms with Gasteiger partial charge in [-0.15, -0.1) is 0 Å². The van der Waals surface area contributed by atoms with E-state index in [0.717, 1.165) is 0 Å². The van der Waals surface area contributed by atoms with Crippen molar-refractivity contribution in [3.05, 3.63) is 29.7 Å². The maximum Gasteiger partial charge on any atom is 0.356 e. The van der Waals surface area contributed by atoms with Gasteiger partial charge in [-0.3, -0.25) is 4.40 Å². The molecule has 0 aliphatic rings. The average Bonchev–Trinajstić information content (AvgIpc) is 2.69. The second-order valence-electron chi connectivity index (χ2n) is 3.44. The first-order valence-electron chi connectivity index (χ1n) is 5.07. The largest absolute Gasteiger partial charge is 0.482 e. The molecule has 0 unspecified atom stereocenters. The fourth-order valence-electron chi connectivity index (χ4n) is 1.76. The van der Waals surface area contributed by atoms with Crippen LogP contribution >= 0.6 is 0 Å². The Kier molecular flexibility index (Phi) is 2.97. The fourth-order valence-corrected chi connectivity index (χ4v) is 1.76. The van der Waals surface area contributed by atoms with Gasteiger partial charge in [0.2, 0.25) is 0 Å². The molecule has 0 atom stereocenters. The lowest BCUT2D eigenvalue weighted by Crippen LogP contribution is -2.01. The lowest BCUT2D eigenvalue weighted by Gasteiger charge is -2.06. The number of carboxylic acid groups (broad SMARTS) is 1. The number of hydrogen-bond acceptors (Lipinski definition) is 4. The van der Waals surface area contributed by atoms with Gasteiger partial charge in [0.1, 0.15) is 5.82 Å². The average molecular weight is 236 g/mol. The van der Waals surface area contributed by atoms with E-state index in [1.165, 1.54) is 7.11 Å². The number of carbonyl (C=O) groups is 1. The lowest BCUT2D eigenvalue weighted by atomic mass is 10.3. The summed E-state index contributed by atoms with van der Waals surface area (Å²) in [5.41, 5.74) is 0.424. The highest BCUT2D eigenvalue weighted by molar-refractivity contribution is 5.93. The third kappa shape index (κ3) is 1.83. The van der Waals surface area contributed by atoms with Crippen LogP contribution in [0.2, 0.25) is 0 Å². The normalized spacial score (nSPS) is 10.7. The van der Waals surface area contributed by atoms with Crippen LogP contribution in [0, 0.1) is 0 Å². The number of aliphatic hydroxyl groups is 1. The fraction of sp³-hybridized carbons (Fsp3) is 0.273. The second-order valence-corrected chi connectivity index (χ2v) is 3.44. The molecule has 2 N–H and O–H groups in total. The molecule has 0 saturated heterocycles. The van der Waals surface area contributed by atoms with Crippen LogP contribution in [0.5, 0.6) is 5.88 Å². The molecule has 0 aromatic carbocycles. The Hall–Kier alpha value is -2.08. The number of fused-ring (bicyclic) bond motifs is 1. The van der Waals surface area contributed by atoms with Crippen molar-refractivity contribution in [2.75, 3.05) is 13.7 Å². The topological polar surface area (TPSA) is 84.1 Å². The first kappa shape index (κ1) is 11.4. The molecule has 2 aromatic heterocycles. The number of nitrogens with zero attached hydrogens (tertiary/aromatic N) is 2. The second kappa shape index (κ2) is 4.42. The van der Waals surface area contributed by atoms with Gasteiger partial charge >= 0.3 is 5.97 Å². The van der Waals surface area contributed by atoms with Crippen molar-refractivity contribution in [1.82, 2.24) is 9.38 Å². The van der Waals surface area contributed by atoms with E-state index in [0.29, 0.717) is 17.2 Å². The Morgan fingerprint density at radius 3 is 2.88 bits per heavy atom. The Balaban J connectivity index is 2.76. The van der Waals surface area contributed by atoms with Crippen LogP contribution in [0.15, 0.2) is 18.2 Å². The van der Waals surface area contributed by atoms with Crippen LogP contribution in [0.4, 0.5) is 0 Å². The summed E-state index contributed by atoms with van der Waals surface area (Å²) >= 11 is 0. The molecule has 0 saturated carbocycles. The van der Waals surface area contributed by atoms with Crippen LogP contribution in [-0.4, -0.2) is 39.3 Å². The molecule has 0 spiro atoms. The number of ether oxygens (including phenoxy) is 1. The van der Waals surface area contributed by atoms with E-state index in [1.807, 2.05) is 0 Å². The predicted octanol–water partition coefficient (Wildman–Crippen LogP) is 0.576. The number of hydrogen-bond donors (Lipinski definition) is 2. The monoisotopic (exact) mass is 236 g/mol. The molecule has 2 aromatic rings. The van der Waals surface area contributed by atoms with Gasteiger partial charge in [-0.1, -0.05) is 6.07 Å². The van der Waals surface area contributed by atoms with Crippen molar-refractivity contribution in [3.8, 4) is 5.88 Å².